The van der Waals surface area contributed by atoms with Crippen LogP contribution in [0.25, 0.3) is 10.2 Å². The molecule has 0 bridgehead atoms. The molecule has 96 valence electrons. The van der Waals surface area contributed by atoms with Crippen LogP contribution in [0.3, 0.4) is 0 Å². The monoisotopic (exact) mass is 262 g/mol. The Labute approximate surface area is 111 Å². The van der Waals surface area contributed by atoms with E-state index in [2.05, 4.69) is 39.1 Å². The molecule has 1 aliphatic rings. The summed E-state index contributed by atoms with van der Waals surface area (Å²) in [4.78, 5) is 9.73. The van der Waals surface area contributed by atoms with Crippen molar-refractivity contribution in [1.29, 1.82) is 0 Å². The van der Waals surface area contributed by atoms with Gasteiger partial charge < -0.3 is 10.6 Å². The molecular formula is C13H18N4S. The Morgan fingerprint density at radius 1 is 1.17 bits per heavy atom. The first kappa shape index (κ1) is 11.9. The highest BCUT2D eigenvalue weighted by Crippen LogP contribution is 2.27. The lowest BCUT2D eigenvalue weighted by Crippen LogP contribution is -2.35. The standard InChI is InChI=1S/C13H18N4S/c1-14-9-2-4-10(5-3-9)17-12-11-6-7-18-13(11)16-8-15-12/h6-10,14H,2-5H2,1H3,(H,15,16,17). The summed E-state index contributed by atoms with van der Waals surface area (Å²) in [5, 5.41) is 10.2. The molecule has 18 heavy (non-hydrogen) atoms. The van der Waals surface area contributed by atoms with E-state index in [1.807, 2.05) is 0 Å². The van der Waals surface area contributed by atoms with E-state index >= 15 is 0 Å². The molecule has 0 aliphatic heterocycles. The third kappa shape index (κ3) is 2.33. The Kier molecular flexibility index (Phi) is 3.43. The number of aromatic nitrogens is 2. The van der Waals surface area contributed by atoms with Crippen LogP contribution in [0.1, 0.15) is 25.7 Å². The zero-order valence-electron chi connectivity index (χ0n) is 10.5. The first-order chi connectivity index (χ1) is 8.86. The smallest absolute Gasteiger partial charge is 0.138 e. The van der Waals surface area contributed by atoms with Crippen molar-refractivity contribution in [3.8, 4) is 0 Å². The van der Waals surface area contributed by atoms with Crippen LogP contribution >= 0.6 is 11.3 Å². The maximum atomic E-state index is 4.38. The maximum Gasteiger partial charge on any atom is 0.138 e. The fraction of sp³-hybridized carbons (Fsp3) is 0.538. The van der Waals surface area contributed by atoms with Gasteiger partial charge >= 0.3 is 0 Å². The van der Waals surface area contributed by atoms with Gasteiger partial charge in [0.2, 0.25) is 0 Å². The SMILES string of the molecule is CNC1CCC(Nc2ncnc3sccc23)CC1. The predicted molar refractivity (Wildman–Crippen MR) is 76.1 cm³/mol. The van der Waals surface area contributed by atoms with Crippen LogP contribution in [0.15, 0.2) is 17.8 Å². The Balaban J connectivity index is 1.71. The lowest BCUT2D eigenvalue weighted by atomic mass is 9.91. The van der Waals surface area contributed by atoms with E-state index in [9.17, 15) is 0 Å². The van der Waals surface area contributed by atoms with Crippen molar-refractivity contribution < 1.29 is 0 Å². The number of thiophene rings is 1. The molecule has 0 spiro atoms. The molecule has 0 amide bonds. The maximum absolute atomic E-state index is 4.38. The van der Waals surface area contributed by atoms with Crippen LogP contribution in [-0.4, -0.2) is 29.1 Å². The Hall–Kier alpha value is -1.20. The second-order valence-electron chi connectivity index (χ2n) is 4.84. The molecule has 3 rings (SSSR count). The topological polar surface area (TPSA) is 49.8 Å². The molecule has 1 fully saturated rings. The van der Waals surface area contributed by atoms with Gasteiger partial charge in [-0.2, -0.15) is 0 Å². The highest BCUT2D eigenvalue weighted by Gasteiger charge is 2.20. The fourth-order valence-corrected chi connectivity index (χ4v) is 3.36. The second-order valence-corrected chi connectivity index (χ2v) is 5.74. The molecule has 2 N–H and O–H groups in total. The molecule has 5 heteroatoms. The molecule has 4 nitrogen and oxygen atoms in total. The molecule has 2 aromatic heterocycles. The van der Waals surface area contributed by atoms with E-state index < -0.39 is 0 Å². The van der Waals surface area contributed by atoms with Crippen LogP contribution in [0.5, 0.6) is 0 Å². The van der Waals surface area contributed by atoms with E-state index in [0.29, 0.717) is 12.1 Å². The normalized spacial score (nSPS) is 24.3. The first-order valence-corrected chi connectivity index (χ1v) is 7.37. The molecule has 1 saturated carbocycles. The fourth-order valence-electron chi connectivity index (χ4n) is 2.62. The van der Waals surface area contributed by atoms with E-state index in [-0.39, 0.29) is 0 Å². The molecule has 0 aromatic carbocycles. The van der Waals surface area contributed by atoms with E-state index in [4.69, 9.17) is 0 Å². The third-order valence-corrected chi connectivity index (χ3v) is 4.56. The number of nitrogens with zero attached hydrogens (tertiary/aromatic N) is 2. The summed E-state index contributed by atoms with van der Waals surface area (Å²) in [5.41, 5.74) is 0. The van der Waals surface area contributed by atoms with Crippen LogP contribution in [0, 0.1) is 0 Å². The summed E-state index contributed by atoms with van der Waals surface area (Å²) in [5.74, 6) is 0.995. The van der Waals surface area contributed by atoms with Gasteiger partial charge in [0.1, 0.15) is 17.0 Å². The van der Waals surface area contributed by atoms with Crippen molar-refractivity contribution in [3.05, 3.63) is 17.8 Å². The van der Waals surface area contributed by atoms with Gasteiger partial charge in [-0.25, -0.2) is 9.97 Å². The van der Waals surface area contributed by atoms with Crippen LogP contribution in [0.2, 0.25) is 0 Å². The van der Waals surface area contributed by atoms with E-state index in [1.165, 1.54) is 25.7 Å². The molecule has 0 radical (unpaired) electrons. The largest absolute Gasteiger partial charge is 0.367 e. The van der Waals surface area contributed by atoms with Crippen molar-refractivity contribution in [3.63, 3.8) is 0 Å². The molecule has 0 atom stereocenters. The molecule has 0 unspecified atom stereocenters. The minimum atomic E-state index is 0.549. The minimum Gasteiger partial charge on any atom is -0.367 e. The van der Waals surface area contributed by atoms with Gasteiger partial charge in [-0.3, -0.25) is 0 Å². The lowest BCUT2D eigenvalue weighted by Gasteiger charge is -2.29. The average Bonchev–Trinajstić information content (AvgIpc) is 2.89. The highest BCUT2D eigenvalue weighted by molar-refractivity contribution is 7.16. The van der Waals surface area contributed by atoms with Crippen molar-refractivity contribution in [2.45, 2.75) is 37.8 Å². The molecule has 0 saturated heterocycles. The lowest BCUT2D eigenvalue weighted by molar-refractivity contribution is 0.371. The van der Waals surface area contributed by atoms with Crippen LogP contribution in [0.4, 0.5) is 5.82 Å². The van der Waals surface area contributed by atoms with Crippen molar-refractivity contribution >= 4 is 27.4 Å². The molecular weight excluding hydrogens is 244 g/mol. The number of nitrogens with one attached hydrogen (secondary N) is 2. The summed E-state index contributed by atoms with van der Waals surface area (Å²) in [6, 6.07) is 3.34. The number of anilines is 1. The summed E-state index contributed by atoms with van der Waals surface area (Å²) >= 11 is 1.67. The Bertz CT molecular complexity index is 516. The van der Waals surface area contributed by atoms with E-state index in [0.717, 1.165) is 16.0 Å². The number of hydrogen-bond donors (Lipinski definition) is 2. The van der Waals surface area contributed by atoms with Gasteiger partial charge in [0, 0.05) is 12.1 Å². The van der Waals surface area contributed by atoms with E-state index in [1.54, 1.807) is 17.7 Å². The number of hydrogen-bond acceptors (Lipinski definition) is 5. The van der Waals surface area contributed by atoms with Crippen molar-refractivity contribution in [2.24, 2.45) is 0 Å². The zero-order chi connectivity index (χ0) is 12.4. The molecule has 2 aromatic rings. The van der Waals surface area contributed by atoms with Gasteiger partial charge in [-0.15, -0.1) is 11.3 Å². The summed E-state index contributed by atoms with van der Waals surface area (Å²) in [6.07, 6.45) is 6.56. The van der Waals surface area contributed by atoms with Gasteiger partial charge in [0.05, 0.1) is 5.39 Å². The summed E-state index contributed by atoms with van der Waals surface area (Å²) in [7, 11) is 2.05. The predicted octanol–water partition coefficient (Wildman–Crippen LogP) is 2.63. The molecule has 1 aliphatic carbocycles. The summed E-state index contributed by atoms with van der Waals surface area (Å²) in [6.45, 7) is 0. The van der Waals surface area contributed by atoms with Gasteiger partial charge in [-0.1, -0.05) is 0 Å². The number of rotatable bonds is 3. The second kappa shape index (κ2) is 5.20. The average molecular weight is 262 g/mol. The summed E-state index contributed by atoms with van der Waals surface area (Å²) < 4.78 is 0. The van der Waals surface area contributed by atoms with Gasteiger partial charge in [0.15, 0.2) is 0 Å². The number of fused-ring (bicyclic) bond motifs is 1. The highest BCUT2D eigenvalue weighted by atomic mass is 32.1. The quantitative estimate of drug-likeness (QED) is 0.893. The Morgan fingerprint density at radius 2 is 1.94 bits per heavy atom. The van der Waals surface area contributed by atoms with Gasteiger partial charge in [0.25, 0.3) is 0 Å². The van der Waals surface area contributed by atoms with Crippen LogP contribution in [-0.2, 0) is 0 Å². The zero-order valence-corrected chi connectivity index (χ0v) is 11.3. The Morgan fingerprint density at radius 3 is 2.72 bits per heavy atom. The minimum absolute atomic E-state index is 0.549. The van der Waals surface area contributed by atoms with Gasteiger partial charge in [-0.05, 0) is 44.2 Å². The van der Waals surface area contributed by atoms with Crippen molar-refractivity contribution in [1.82, 2.24) is 15.3 Å². The first-order valence-electron chi connectivity index (χ1n) is 6.49. The van der Waals surface area contributed by atoms with Crippen LogP contribution < -0.4 is 10.6 Å². The molecule has 2 heterocycles. The van der Waals surface area contributed by atoms with Crippen molar-refractivity contribution in [2.75, 3.05) is 12.4 Å². The third-order valence-electron chi connectivity index (χ3n) is 3.74.